The first-order valence-corrected chi connectivity index (χ1v) is 10.7. The lowest BCUT2D eigenvalue weighted by molar-refractivity contribution is 0.0945. The maximum atomic E-state index is 13.3. The van der Waals surface area contributed by atoms with Gasteiger partial charge in [-0.2, -0.15) is 0 Å². The number of hydrogen-bond donors (Lipinski definition) is 1. The Morgan fingerprint density at radius 2 is 2.07 bits per heavy atom. The monoisotopic (exact) mass is 419 g/mol. The molecule has 1 aliphatic heterocycles. The van der Waals surface area contributed by atoms with E-state index >= 15 is 0 Å². The number of hydrogen-bond acceptors (Lipinski definition) is 5. The third kappa shape index (κ3) is 2.95. The molecule has 30 heavy (non-hydrogen) atoms. The van der Waals surface area contributed by atoms with Gasteiger partial charge in [0.15, 0.2) is 0 Å². The molecule has 1 amide bonds. The summed E-state index contributed by atoms with van der Waals surface area (Å²) in [4.78, 5) is 36.5. The number of aromatic nitrogens is 4. The van der Waals surface area contributed by atoms with E-state index in [1.807, 2.05) is 55.1 Å². The van der Waals surface area contributed by atoms with E-state index in [9.17, 15) is 9.59 Å². The molecular weight excluding hydrogens is 398 g/mol. The number of amides is 1. The van der Waals surface area contributed by atoms with Crippen molar-refractivity contribution in [3.63, 3.8) is 0 Å². The fourth-order valence-electron chi connectivity index (χ4n) is 4.09. The number of fused-ring (bicyclic) bond motifs is 2. The van der Waals surface area contributed by atoms with Gasteiger partial charge in [0.1, 0.15) is 22.5 Å². The number of imidazole rings is 1. The van der Waals surface area contributed by atoms with Gasteiger partial charge in [0, 0.05) is 32.4 Å². The molecule has 0 bridgehead atoms. The van der Waals surface area contributed by atoms with Crippen LogP contribution in [0.25, 0.3) is 10.2 Å². The Balaban J connectivity index is 1.56. The van der Waals surface area contributed by atoms with Crippen LogP contribution in [-0.2, 0) is 20.0 Å². The Hall–Kier alpha value is -3.26. The summed E-state index contributed by atoms with van der Waals surface area (Å²) in [5.74, 6) is 1.33. The van der Waals surface area contributed by atoms with Crippen molar-refractivity contribution >= 4 is 27.5 Å². The van der Waals surface area contributed by atoms with E-state index in [1.54, 1.807) is 10.8 Å². The molecule has 4 heterocycles. The first-order valence-electron chi connectivity index (χ1n) is 9.90. The highest BCUT2D eigenvalue weighted by Gasteiger charge is 2.26. The zero-order chi connectivity index (χ0) is 20.8. The van der Waals surface area contributed by atoms with E-state index in [4.69, 9.17) is 0 Å². The van der Waals surface area contributed by atoms with Gasteiger partial charge in [-0.3, -0.25) is 14.2 Å². The minimum Gasteiger partial charge on any atom is -0.337 e. The van der Waals surface area contributed by atoms with Crippen LogP contribution in [0.4, 0.5) is 0 Å². The summed E-state index contributed by atoms with van der Waals surface area (Å²) in [5.41, 5.74) is 1.60. The van der Waals surface area contributed by atoms with E-state index in [2.05, 4.69) is 15.3 Å². The van der Waals surface area contributed by atoms with E-state index in [0.29, 0.717) is 27.2 Å². The Labute approximate surface area is 177 Å². The minimum absolute atomic E-state index is 0.0380. The average Bonchev–Trinajstić information content (AvgIpc) is 3.46. The van der Waals surface area contributed by atoms with E-state index < -0.39 is 6.04 Å². The second-order valence-electron chi connectivity index (χ2n) is 7.54. The average molecular weight is 420 g/mol. The van der Waals surface area contributed by atoms with Gasteiger partial charge in [-0.25, -0.2) is 9.97 Å². The number of rotatable bonds is 4. The Bertz CT molecular complexity index is 1320. The fourth-order valence-corrected chi connectivity index (χ4v) is 5.18. The molecular formula is C22H21N5O2S. The molecule has 8 heteroatoms. The topological polar surface area (TPSA) is 81.8 Å². The van der Waals surface area contributed by atoms with E-state index in [-0.39, 0.29) is 11.5 Å². The Kier molecular flexibility index (Phi) is 4.51. The molecule has 0 aliphatic carbocycles. The third-order valence-electron chi connectivity index (χ3n) is 5.64. The molecule has 1 N–H and O–H groups in total. The van der Waals surface area contributed by atoms with Crippen molar-refractivity contribution in [3.05, 3.63) is 80.7 Å². The highest BCUT2D eigenvalue weighted by Crippen LogP contribution is 2.30. The van der Waals surface area contributed by atoms with Crippen LogP contribution in [0, 0.1) is 6.92 Å². The van der Waals surface area contributed by atoms with Crippen molar-refractivity contribution in [1.29, 1.82) is 0 Å². The molecule has 0 saturated heterocycles. The third-order valence-corrected chi connectivity index (χ3v) is 6.83. The summed E-state index contributed by atoms with van der Waals surface area (Å²) in [7, 11) is 1.90. The number of aryl methyl sites for hydroxylation is 3. The highest BCUT2D eigenvalue weighted by molar-refractivity contribution is 7.20. The molecule has 4 aromatic rings. The van der Waals surface area contributed by atoms with Gasteiger partial charge in [-0.1, -0.05) is 30.3 Å². The molecule has 1 aromatic carbocycles. The molecule has 0 fully saturated rings. The van der Waals surface area contributed by atoms with Crippen molar-refractivity contribution in [2.75, 3.05) is 0 Å². The molecule has 0 spiro atoms. The second-order valence-corrected chi connectivity index (χ2v) is 8.54. The summed E-state index contributed by atoms with van der Waals surface area (Å²) >= 11 is 1.29. The second kappa shape index (κ2) is 7.21. The molecule has 152 valence electrons. The predicted octanol–water partition coefficient (Wildman–Crippen LogP) is 2.97. The smallest absolute Gasteiger partial charge is 0.262 e. The standard InChI is InChI=1S/C22H21N5O2S/c1-13-16-21(24-15-9-6-11-27(15)22(16)29)30-18(13)20(28)25-17(14-7-4-3-5-8-14)19-23-10-12-26(19)2/h3-5,7-8,10,12,17H,6,9,11H2,1-2H3,(H,25,28). The number of nitrogens with one attached hydrogen (secondary N) is 1. The van der Waals surface area contributed by atoms with Crippen LogP contribution in [0.15, 0.2) is 47.5 Å². The van der Waals surface area contributed by atoms with Crippen molar-refractivity contribution in [1.82, 2.24) is 24.4 Å². The largest absolute Gasteiger partial charge is 0.337 e. The normalized spacial score (nSPS) is 14.1. The van der Waals surface area contributed by atoms with Gasteiger partial charge in [0.25, 0.3) is 11.5 Å². The lowest BCUT2D eigenvalue weighted by Gasteiger charge is -2.19. The summed E-state index contributed by atoms with van der Waals surface area (Å²) in [6.45, 7) is 2.53. The molecule has 1 atom stereocenters. The van der Waals surface area contributed by atoms with Crippen molar-refractivity contribution in [2.45, 2.75) is 32.4 Å². The first kappa shape index (κ1) is 18.7. The van der Waals surface area contributed by atoms with Crippen molar-refractivity contribution in [2.24, 2.45) is 7.05 Å². The van der Waals surface area contributed by atoms with Crippen LogP contribution >= 0.6 is 11.3 Å². The van der Waals surface area contributed by atoms with Crippen LogP contribution in [0.5, 0.6) is 0 Å². The summed E-state index contributed by atoms with van der Waals surface area (Å²) in [6, 6.07) is 9.35. The number of benzene rings is 1. The van der Waals surface area contributed by atoms with Crippen LogP contribution in [-0.4, -0.2) is 25.0 Å². The van der Waals surface area contributed by atoms with Gasteiger partial charge >= 0.3 is 0 Å². The zero-order valence-electron chi connectivity index (χ0n) is 16.8. The van der Waals surface area contributed by atoms with E-state index in [0.717, 1.165) is 30.1 Å². The number of carbonyl (C=O) groups is 1. The summed E-state index contributed by atoms with van der Waals surface area (Å²) in [5, 5.41) is 3.68. The van der Waals surface area contributed by atoms with Crippen molar-refractivity contribution in [3.8, 4) is 0 Å². The van der Waals surface area contributed by atoms with Gasteiger partial charge in [0.05, 0.1) is 10.3 Å². The minimum atomic E-state index is -0.401. The molecule has 7 nitrogen and oxygen atoms in total. The Morgan fingerprint density at radius 1 is 1.27 bits per heavy atom. The maximum Gasteiger partial charge on any atom is 0.262 e. The molecule has 1 aliphatic rings. The zero-order valence-corrected chi connectivity index (χ0v) is 17.6. The van der Waals surface area contributed by atoms with Crippen LogP contribution in [0.1, 0.15) is 44.9 Å². The lowest BCUT2D eigenvalue weighted by Crippen LogP contribution is -2.31. The van der Waals surface area contributed by atoms with Crippen LogP contribution in [0.3, 0.4) is 0 Å². The van der Waals surface area contributed by atoms with Gasteiger partial charge in [-0.15, -0.1) is 11.3 Å². The van der Waals surface area contributed by atoms with Gasteiger partial charge in [-0.05, 0) is 24.5 Å². The highest BCUT2D eigenvalue weighted by atomic mass is 32.1. The lowest BCUT2D eigenvalue weighted by atomic mass is 10.1. The molecule has 0 radical (unpaired) electrons. The van der Waals surface area contributed by atoms with E-state index in [1.165, 1.54) is 11.3 Å². The SMILES string of the molecule is Cc1c(C(=O)NC(c2ccccc2)c2nccn2C)sc2nc3n(c(=O)c12)CCC3. The molecule has 1 unspecified atom stereocenters. The van der Waals surface area contributed by atoms with Crippen LogP contribution in [0.2, 0.25) is 0 Å². The van der Waals surface area contributed by atoms with Crippen LogP contribution < -0.4 is 10.9 Å². The fraction of sp³-hybridized carbons (Fsp3) is 0.273. The summed E-state index contributed by atoms with van der Waals surface area (Å²) < 4.78 is 3.64. The Morgan fingerprint density at radius 3 is 2.80 bits per heavy atom. The number of nitrogens with zero attached hydrogens (tertiary/aromatic N) is 4. The number of thiophene rings is 1. The van der Waals surface area contributed by atoms with Gasteiger partial charge < -0.3 is 9.88 Å². The molecule has 0 saturated carbocycles. The molecule has 5 rings (SSSR count). The van der Waals surface area contributed by atoms with Gasteiger partial charge in [0.2, 0.25) is 0 Å². The quantitative estimate of drug-likeness (QED) is 0.551. The van der Waals surface area contributed by atoms with Crippen molar-refractivity contribution < 1.29 is 4.79 Å². The predicted molar refractivity (Wildman–Crippen MR) is 116 cm³/mol. The summed E-state index contributed by atoms with van der Waals surface area (Å²) in [6.07, 6.45) is 5.32. The first-order chi connectivity index (χ1) is 14.5. The molecule has 3 aromatic heterocycles. The number of carbonyl (C=O) groups excluding carboxylic acids is 1. The maximum absolute atomic E-state index is 13.3.